The number of quaternary nitrogens is 1. The Hall–Kier alpha value is -2.54. The zero-order chi connectivity index (χ0) is 17.8. The van der Waals surface area contributed by atoms with Crippen molar-refractivity contribution in [2.24, 2.45) is 0 Å². The highest BCUT2D eigenvalue weighted by atomic mass is 19.1. The average molecular weight is 344 g/mol. The molecule has 6 nitrogen and oxygen atoms in total. The molecule has 1 aliphatic rings. The fraction of sp³-hybridized carbons (Fsp3) is 0.389. The van der Waals surface area contributed by atoms with Crippen molar-refractivity contribution in [3.63, 3.8) is 0 Å². The zero-order valence-electron chi connectivity index (χ0n) is 14.5. The van der Waals surface area contributed by atoms with Crippen molar-refractivity contribution >= 4 is 17.5 Å². The molecule has 0 saturated carbocycles. The predicted molar refractivity (Wildman–Crippen MR) is 94.2 cm³/mol. The highest BCUT2D eigenvalue weighted by Crippen LogP contribution is 2.13. The standard InChI is InChI=1S/C18H22FN5O/c1-13-4-5-15(12-16(13)19)22-17(25)14(2)23-8-10-24(11-9-23)18-20-6-3-7-21-18/h3-7,12,14H,8-11H2,1-2H3,(H,22,25)/p+1/t14-/m1/s1. The zero-order valence-corrected chi connectivity index (χ0v) is 14.5. The van der Waals surface area contributed by atoms with Gasteiger partial charge in [0.2, 0.25) is 5.95 Å². The van der Waals surface area contributed by atoms with Crippen LogP contribution >= 0.6 is 0 Å². The summed E-state index contributed by atoms with van der Waals surface area (Å²) in [4.78, 5) is 24.3. The van der Waals surface area contributed by atoms with E-state index in [2.05, 4.69) is 20.2 Å². The maximum absolute atomic E-state index is 13.6. The lowest BCUT2D eigenvalue weighted by atomic mass is 10.2. The minimum Gasteiger partial charge on any atom is -0.330 e. The Morgan fingerprint density at radius 3 is 2.60 bits per heavy atom. The number of piperazine rings is 1. The largest absolute Gasteiger partial charge is 0.330 e. The molecule has 2 heterocycles. The second-order valence-corrected chi connectivity index (χ2v) is 6.37. The van der Waals surface area contributed by atoms with Gasteiger partial charge in [-0.3, -0.25) is 4.79 Å². The molecule has 1 saturated heterocycles. The van der Waals surface area contributed by atoms with Crippen molar-refractivity contribution in [3.8, 4) is 0 Å². The van der Waals surface area contributed by atoms with Gasteiger partial charge in [-0.05, 0) is 37.6 Å². The van der Waals surface area contributed by atoms with Crippen LogP contribution in [-0.4, -0.2) is 48.1 Å². The Morgan fingerprint density at radius 1 is 1.28 bits per heavy atom. The summed E-state index contributed by atoms with van der Waals surface area (Å²) in [6.45, 7) is 6.87. The van der Waals surface area contributed by atoms with Crippen LogP contribution in [0.15, 0.2) is 36.7 Å². The van der Waals surface area contributed by atoms with Gasteiger partial charge in [-0.25, -0.2) is 14.4 Å². The van der Waals surface area contributed by atoms with E-state index < -0.39 is 0 Å². The minimum atomic E-state index is -0.311. The summed E-state index contributed by atoms with van der Waals surface area (Å²) in [6, 6.07) is 6.35. The van der Waals surface area contributed by atoms with E-state index in [1.54, 1.807) is 37.5 Å². The molecular formula is C18H23FN5O+. The highest BCUT2D eigenvalue weighted by molar-refractivity contribution is 5.93. The molecule has 7 heteroatoms. The van der Waals surface area contributed by atoms with Gasteiger partial charge in [0.25, 0.3) is 5.91 Å². The number of rotatable bonds is 4. The number of benzene rings is 1. The lowest BCUT2D eigenvalue weighted by Gasteiger charge is -2.34. The second kappa shape index (κ2) is 7.57. The maximum Gasteiger partial charge on any atom is 0.282 e. The quantitative estimate of drug-likeness (QED) is 0.855. The fourth-order valence-corrected chi connectivity index (χ4v) is 2.99. The Balaban J connectivity index is 1.55. The van der Waals surface area contributed by atoms with Gasteiger partial charge >= 0.3 is 0 Å². The molecule has 2 aromatic rings. The normalized spacial score (nSPS) is 16.5. The van der Waals surface area contributed by atoms with E-state index in [0.29, 0.717) is 11.3 Å². The summed E-state index contributed by atoms with van der Waals surface area (Å²) in [5, 5.41) is 2.81. The number of halogens is 1. The molecule has 1 fully saturated rings. The van der Waals surface area contributed by atoms with Crippen molar-refractivity contribution in [2.75, 3.05) is 36.4 Å². The number of amides is 1. The van der Waals surface area contributed by atoms with E-state index in [-0.39, 0.29) is 17.8 Å². The van der Waals surface area contributed by atoms with Crippen LogP contribution in [0.3, 0.4) is 0 Å². The molecule has 0 unspecified atom stereocenters. The summed E-state index contributed by atoms with van der Waals surface area (Å²) < 4.78 is 13.6. The van der Waals surface area contributed by atoms with Gasteiger partial charge in [-0.15, -0.1) is 0 Å². The summed E-state index contributed by atoms with van der Waals surface area (Å²) in [6.07, 6.45) is 3.47. The number of hydrogen-bond acceptors (Lipinski definition) is 4. The molecule has 25 heavy (non-hydrogen) atoms. The first kappa shape index (κ1) is 17.3. The van der Waals surface area contributed by atoms with Gasteiger partial charge in [-0.1, -0.05) is 6.07 Å². The lowest BCUT2D eigenvalue weighted by Crippen LogP contribution is -3.19. The van der Waals surface area contributed by atoms with Crippen molar-refractivity contribution in [2.45, 2.75) is 19.9 Å². The number of carbonyl (C=O) groups is 1. The third-order valence-corrected chi connectivity index (χ3v) is 4.69. The number of hydrogen-bond donors (Lipinski definition) is 2. The number of carbonyl (C=O) groups excluding carboxylic acids is 1. The molecule has 132 valence electrons. The molecule has 1 aromatic heterocycles. The van der Waals surface area contributed by atoms with Crippen LogP contribution in [0, 0.1) is 12.7 Å². The molecule has 3 rings (SSSR count). The Morgan fingerprint density at radius 2 is 1.96 bits per heavy atom. The summed E-state index contributed by atoms with van der Waals surface area (Å²) >= 11 is 0. The third kappa shape index (κ3) is 4.11. The minimum absolute atomic E-state index is 0.0948. The first-order valence-corrected chi connectivity index (χ1v) is 8.48. The molecule has 0 bridgehead atoms. The maximum atomic E-state index is 13.6. The van der Waals surface area contributed by atoms with Crippen molar-refractivity contribution in [3.05, 3.63) is 48.0 Å². The third-order valence-electron chi connectivity index (χ3n) is 4.69. The number of anilines is 2. The first-order chi connectivity index (χ1) is 12.0. The topological polar surface area (TPSA) is 62.6 Å². The van der Waals surface area contributed by atoms with Gasteiger partial charge in [0.05, 0.1) is 26.2 Å². The molecule has 1 aromatic carbocycles. The molecule has 0 aliphatic carbocycles. The fourth-order valence-electron chi connectivity index (χ4n) is 2.99. The predicted octanol–water partition coefficient (Wildman–Crippen LogP) is 0.656. The van der Waals surface area contributed by atoms with Gasteiger partial charge in [-0.2, -0.15) is 0 Å². The number of aromatic nitrogens is 2. The lowest BCUT2D eigenvalue weighted by molar-refractivity contribution is -0.914. The molecule has 0 spiro atoms. The monoisotopic (exact) mass is 344 g/mol. The summed E-state index contributed by atoms with van der Waals surface area (Å²) in [5.41, 5.74) is 1.06. The van der Waals surface area contributed by atoms with Crippen LogP contribution in [-0.2, 0) is 4.79 Å². The number of nitrogens with zero attached hydrogens (tertiary/aromatic N) is 3. The van der Waals surface area contributed by atoms with Gasteiger partial charge in [0.1, 0.15) is 5.82 Å². The van der Waals surface area contributed by atoms with E-state index >= 15 is 0 Å². The van der Waals surface area contributed by atoms with Gasteiger partial charge < -0.3 is 15.1 Å². The second-order valence-electron chi connectivity index (χ2n) is 6.37. The van der Waals surface area contributed by atoms with E-state index in [9.17, 15) is 9.18 Å². The van der Waals surface area contributed by atoms with Gasteiger partial charge in [0, 0.05) is 18.1 Å². The highest BCUT2D eigenvalue weighted by Gasteiger charge is 2.30. The summed E-state index contributed by atoms with van der Waals surface area (Å²) in [5.74, 6) is 0.325. The molecular weight excluding hydrogens is 321 g/mol. The van der Waals surface area contributed by atoms with Crippen molar-refractivity contribution < 1.29 is 14.1 Å². The SMILES string of the molecule is Cc1ccc(NC(=O)[C@@H](C)[NH+]2CCN(c3ncccn3)CC2)cc1F. The van der Waals surface area contributed by atoms with Crippen LogP contribution in [0.2, 0.25) is 0 Å². The van der Waals surface area contributed by atoms with Crippen LogP contribution in [0.4, 0.5) is 16.0 Å². The van der Waals surface area contributed by atoms with Crippen LogP contribution < -0.4 is 15.1 Å². The summed E-state index contributed by atoms with van der Waals surface area (Å²) in [7, 11) is 0. The molecule has 1 atom stereocenters. The van der Waals surface area contributed by atoms with E-state index in [0.717, 1.165) is 32.1 Å². The molecule has 0 radical (unpaired) electrons. The molecule has 1 amide bonds. The molecule has 1 aliphatic heterocycles. The van der Waals surface area contributed by atoms with Gasteiger partial charge in [0.15, 0.2) is 6.04 Å². The Labute approximate surface area is 146 Å². The van der Waals surface area contributed by atoms with Crippen LogP contribution in [0.1, 0.15) is 12.5 Å². The Bertz CT molecular complexity index is 732. The van der Waals surface area contributed by atoms with Crippen molar-refractivity contribution in [1.29, 1.82) is 0 Å². The van der Waals surface area contributed by atoms with Crippen LogP contribution in [0.5, 0.6) is 0 Å². The van der Waals surface area contributed by atoms with E-state index in [1.807, 2.05) is 6.92 Å². The number of aryl methyl sites for hydroxylation is 1. The first-order valence-electron chi connectivity index (χ1n) is 8.48. The van der Waals surface area contributed by atoms with E-state index in [4.69, 9.17) is 0 Å². The van der Waals surface area contributed by atoms with E-state index in [1.165, 1.54) is 11.0 Å². The van der Waals surface area contributed by atoms with Crippen LogP contribution in [0.25, 0.3) is 0 Å². The van der Waals surface area contributed by atoms with Crippen molar-refractivity contribution in [1.82, 2.24) is 9.97 Å². The smallest absolute Gasteiger partial charge is 0.282 e. The number of nitrogens with one attached hydrogen (secondary N) is 2. The Kier molecular flexibility index (Phi) is 5.23. The average Bonchev–Trinajstić information content (AvgIpc) is 2.65. The molecule has 2 N–H and O–H groups in total.